The molecule has 4 rings (SSSR count). The fraction of sp³-hybridized carbons (Fsp3) is 0.238. The Bertz CT molecular complexity index is 668. The Morgan fingerprint density at radius 3 is 1.71 bits per heavy atom. The van der Waals surface area contributed by atoms with Gasteiger partial charge in [0.05, 0.1) is 0 Å². The maximum Gasteiger partial charge on any atom is -0.00881 e. The van der Waals surface area contributed by atoms with Gasteiger partial charge in [-0.15, -0.1) is 0 Å². The van der Waals surface area contributed by atoms with Crippen molar-refractivity contribution in [2.45, 2.75) is 32.1 Å². The van der Waals surface area contributed by atoms with Crippen LogP contribution in [0.5, 0.6) is 0 Å². The van der Waals surface area contributed by atoms with Crippen molar-refractivity contribution in [3.05, 3.63) is 81.9 Å². The lowest BCUT2D eigenvalue weighted by Gasteiger charge is -2.10. The summed E-state index contributed by atoms with van der Waals surface area (Å²) in [6.07, 6.45) is 15.0. The SMILES string of the molecule is C1=Cc2c(cccc2CCCc2cccc3c2C=CC3)C1. The van der Waals surface area contributed by atoms with E-state index in [1.54, 1.807) is 0 Å². The van der Waals surface area contributed by atoms with Crippen molar-refractivity contribution < 1.29 is 0 Å². The molecule has 0 saturated heterocycles. The Morgan fingerprint density at radius 2 is 1.19 bits per heavy atom. The van der Waals surface area contributed by atoms with Crippen LogP contribution in [0.1, 0.15) is 39.8 Å². The van der Waals surface area contributed by atoms with Crippen molar-refractivity contribution in [1.29, 1.82) is 0 Å². The number of aryl methyl sites for hydroxylation is 2. The summed E-state index contributed by atoms with van der Waals surface area (Å²) in [4.78, 5) is 0. The highest BCUT2D eigenvalue weighted by Crippen LogP contribution is 2.27. The first-order valence-corrected chi connectivity index (χ1v) is 7.96. The third-order valence-corrected chi connectivity index (χ3v) is 4.71. The third-order valence-electron chi connectivity index (χ3n) is 4.71. The molecule has 0 saturated carbocycles. The number of hydrogen-bond acceptors (Lipinski definition) is 0. The van der Waals surface area contributed by atoms with E-state index in [1.807, 2.05) is 0 Å². The molecule has 0 nitrogen and oxygen atoms in total. The van der Waals surface area contributed by atoms with Gasteiger partial charge in [0.1, 0.15) is 0 Å². The lowest BCUT2D eigenvalue weighted by Crippen LogP contribution is -1.96. The van der Waals surface area contributed by atoms with Crippen LogP contribution in [-0.2, 0) is 25.7 Å². The largest absolute Gasteiger partial charge is 0.0795 e. The normalized spacial score (nSPS) is 14.5. The first-order chi connectivity index (χ1) is 10.4. The van der Waals surface area contributed by atoms with Gasteiger partial charge in [0.25, 0.3) is 0 Å². The number of rotatable bonds is 4. The molecule has 2 aromatic rings. The maximum atomic E-state index is 2.30. The minimum absolute atomic E-state index is 1.11. The van der Waals surface area contributed by atoms with Gasteiger partial charge in [0.15, 0.2) is 0 Å². The average molecular weight is 272 g/mol. The maximum absolute atomic E-state index is 2.30. The Morgan fingerprint density at radius 1 is 0.667 bits per heavy atom. The minimum Gasteiger partial charge on any atom is -0.0795 e. The van der Waals surface area contributed by atoms with E-state index < -0.39 is 0 Å². The monoisotopic (exact) mass is 272 g/mol. The molecule has 0 N–H and O–H groups in total. The van der Waals surface area contributed by atoms with E-state index in [0.29, 0.717) is 0 Å². The molecule has 0 radical (unpaired) electrons. The first-order valence-electron chi connectivity index (χ1n) is 7.96. The molecule has 21 heavy (non-hydrogen) atoms. The lowest BCUT2D eigenvalue weighted by atomic mass is 9.95. The molecule has 0 heteroatoms. The van der Waals surface area contributed by atoms with Crippen molar-refractivity contribution >= 4 is 12.2 Å². The van der Waals surface area contributed by atoms with E-state index in [0.717, 1.165) is 12.8 Å². The summed E-state index contributed by atoms with van der Waals surface area (Å²) < 4.78 is 0. The second-order valence-corrected chi connectivity index (χ2v) is 6.05. The van der Waals surface area contributed by atoms with Crippen molar-refractivity contribution in [3.8, 4) is 0 Å². The highest BCUT2D eigenvalue weighted by Gasteiger charge is 2.11. The van der Waals surface area contributed by atoms with Gasteiger partial charge in [-0.05, 0) is 65.5 Å². The second kappa shape index (κ2) is 5.37. The first kappa shape index (κ1) is 12.6. The Hall–Kier alpha value is -2.08. The fourth-order valence-corrected chi connectivity index (χ4v) is 3.63. The van der Waals surface area contributed by atoms with Crippen LogP contribution in [0.25, 0.3) is 12.2 Å². The topological polar surface area (TPSA) is 0 Å². The zero-order valence-electron chi connectivity index (χ0n) is 12.3. The van der Waals surface area contributed by atoms with Gasteiger partial charge in [-0.3, -0.25) is 0 Å². The van der Waals surface area contributed by atoms with E-state index in [9.17, 15) is 0 Å². The van der Waals surface area contributed by atoms with Gasteiger partial charge in [-0.1, -0.05) is 60.7 Å². The number of hydrogen-bond donors (Lipinski definition) is 0. The van der Waals surface area contributed by atoms with Crippen molar-refractivity contribution in [1.82, 2.24) is 0 Å². The zero-order chi connectivity index (χ0) is 14.1. The number of allylic oxidation sites excluding steroid dienone is 2. The van der Waals surface area contributed by atoms with Gasteiger partial charge in [-0.2, -0.15) is 0 Å². The summed E-state index contributed by atoms with van der Waals surface area (Å²) in [7, 11) is 0. The van der Waals surface area contributed by atoms with E-state index >= 15 is 0 Å². The summed E-state index contributed by atoms with van der Waals surface area (Å²) in [5.41, 5.74) is 8.99. The van der Waals surface area contributed by atoms with Crippen molar-refractivity contribution in [2.24, 2.45) is 0 Å². The van der Waals surface area contributed by atoms with Gasteiger partial charge in [-0.25, -0.2) is 0 Å². The molecule has 0 aromatic heterocycles. The molecule has 0 bridgehead atoms. The van der Waals surface area contributed by atoms with Crippen LogP contribution in [0.15, 0.2) is 48.6 Å². The highest BCUT2D eigenvalue weighted by molar-refractivity contribution is 5.64. The molecule has 0 atom stereocenters. The summed E-state index contributed by atoms with van der Waals surface area (Å²) in [6.45, 7) is 0. The van der Waals surface area contributed by atoms with Crippen LogP contribution in [0.4, 0.5) is 0 Å². The molecule has 0 aliphatic heterocycles. The molecular weight excluding hydrogens is 252 g/mol. The number of benzene rings is 2. The van der Waals surface area contributed by atoms with Gasteiger partial charge >= 0.3 is 0 Å². The molecule has 0 spiro atoms. The van der Waals surface area contributed by atoms with E-state index in [4.69, 9.17) is 0 Å². The standard InChI is InChI=1S/C21H20/c1(6-16-8-2-10-18-12-4-14-20(16)18)7-17-9-3-11-19-13-5-15-21(17)19/h2-5,8-11,14-15H,1,6-7,12-13H2. The van der Waals surface area contributed by atoms with Crippen LogP contribution in [-0.4, -0.2) is 0 Å². The quantitative estimate of drug-likeness (QED) is 0.734. The van der Waals surface area contributed by atoms with E-state index in [-0.39, 0.29) is 0 Å². The van der Waals surface area contributed by atoms with E-state index in [1.165, 1.54) is 52.6 Å². The molecule has 0 amide bonds. The molecule has 0 heterocycles. The van der Waals surface area contributed by atoms with Crippen molar-refractivity contribution in [3.63, 3.8) is 0 Å². The average Bonchev–Trinajstić information content (AvgIpc) is 3.16. The number of fused-ring (bicyclic) bond motifs is 2. The third kappa shape index (κ3) is 2.35. The molecule has 0 unspecified atom stereocenters. The summed E-state index contributed by atoms with van der Waals surface area (Å²) >= 11 is 0. The Labute approximate surface area is 126 Å². The Balaban J connectivity index is 1.47. The van der Waals surface area contributed by atoms with Crippen LogP contribution in [0.3, 0.4) is 0 Å². The Kier molecular flexibility index (Phi) is 3.23. The van der Waals surface area contributed by atoms with Crippen LogP contribution in [0, 0.1) is 0 Å². The smallest absolute Gasteiger partial charge is 0.00881 e. The summed E-state index contributed by atoms with van der Waals surface area (Å²) in [5, 5.41) is 0. The predicted octanol–water partition coefficient (Wildman–Crippen LogP) is 5.00. The van der Waals surface area contributed by atoms with Gasteiger partial charge in [0, 0.05) is 0 Å². The van der Waals surface area contributed by atoms with Crippen LogP contribution in [0.2, 0.25) is 0 Å². The van der Waals surface area contributed by atoms with Crippen LogP contribution < -0.4 is 0 Å². The lowest BCUT2D eigenvalue weighted by molar-refractivity contribution is 0.817. The minimum atomic E-state index is 1.11. The molecule has 2 aliphatic carbocycles. The molecule has 2 aromatic carbocycles. The fourth-order valence-electron chi connectivity index (χ4n) is 3.63. The highest BCUT2D eigenvalue weighted by atomic mass is 14.2. The van der Waals surface area contributed by atoms with Crippen molar-refractivity contribution in [2.75, 3.05) is 0 Å². The van der Waals surface area contributed by atoms with E-state index in [2.05, 4.69) is 60.7 Å². The molecule has 2 aliphatic rings. The van der Waals surface area contributed by atoms with Crippen LogP contribution >= 0.6 is 0 Å². The molecular formula is C21H20. The summed E-state index contributed by atoms with van der Waals surface area (Å²) in [5.74, 6) is 0. The summed E-state index contributed by atoms with van der Waals surface area (Å²) in [6, 6.07) is 13.5. The van der Waals surface area contributed by atoms with Gasteiger partial charge in [0.2, 0.25) is 0 Å². The molecule has 104 valence electrons. The second-order valence-electron chi connectivity index (χ2n) is 6.05. The zero-order valence-corrected chi connectivity index (χ0v) is 12.3. The predicted molar refractivity (Wildman–Crippen MR) is 90.4 cm³/mol. The van der Waals surface area contributed by atoms with Gasteiger partial charge < -0.3 is 0 Å². The molecule has 0 fully saturated rings.